The molecule has 1 aromatic rings. The number of benzene rings is 1. The number of carbonyl (C=O) groups excluding carboxylic acids is 1. The number of ether oxygens (including phenoxy) is 1. The normalized spacial score (nSPS) is 10.2. The molecule has 0 atom stereocenters. The van der Waals surface area contributed by atoms with Crippen LogP contribution in [0.2, 0.25) is 0 Å². The van der Waals surface area contributed by atoms with E-state index in [9.17, 15) is 4.79 Å². The van der Waals surface area contributed by atoms with Gasteiger partial charge in [-0.25, -0.2) is 0 Å². The Morgan fingerprint density at radius 2 is 1.72 bits per heavy atom. The van der Waals surface area contributed by atoms with Crippen molar-refractivity contribution in [3.8, 4) is 0 Å². The highest BCUT2D eigenvalue weighted by Gasteiger charge is 2.06. The third-order valence-corrected chi connectivity index (χ3v) is 3.91. The highest BCUT2D eigenvalue weighted by atomic mass is 35.5. The van der Waals surface area contributed by atoms with Crippen LogP contribution in [-0.4, -0.2) is 43.7 Å². The van der Waals surface area contributed by atoms with Crippen LogP contribution < -0.4 is 5.32 Å². The predicted molar refractivity (Wildman–Crippen MR) is 111 cm³/mol. The summed E-state index contributed by atoms with van der Waals surface area (Å²) in [6, 6.07) is 8.03. The molecule has 0 heterocycles. The second kappa shape index (κ2) is 15.3. The van der Waals surface area contributed by atoms with E-state index in [0.29, 0.717) is 18.9 Å². The van der Waals surface area contributed by atoms with E-state index in [1.165, 1.54) is 0 Å². The smallest absolute Gasteiger partial charge is 0.310 e. The van der Waals surface area contributed by atoms with Crippen LogP contribution in [0.5, 0.6) is 0 Å². The van der Waals surface area contributed by atoms with Gasteiger partial charge in [-0.1, -0.05) is 39.8 Å². The van der Waals surface area contributed by atoms with Crippen molar-refractivity contribution in [2.45, 2.75) is 40.5 Å². The number of carbonyl (C=O) groups is 1. The van der Waals surface area contributed by atoms with E-state index >= 15 is 0 Å². The van der Waals surface area contributed by atoms with Crippen molar-refractivity contribution in [1.29, 1.82) is 0 Å². The molecule has 0 unspecified atom stereocenters. The second-order valence-corrected chi connectivity index (χ2v) is 6.23. The molecule has 0 aliphatic carbocycles. The summed E-state index contributed by atoms with van der Waals surface area (Å²) in [6.45, 7) is 13.2. The third kappa shape index (κ3) is 12.1. The van der Waals surface area contributed by atoms with Crippen molar-refractivity contribution in [1.82, 2.24) is 4.90 Å². The van der Waals surface area contributed by atoms with Crippen LogP contribution in [0.3, 0.4) is 0 Å². The first-order valence-corrected chi connectivity index (χ1v) is 8.75. The molecule has 0 fully saturated rings. The maximum Gasteiger partial charge on any atom is 0.310 e. The Morgan fingerprint density at radius 3 is 2.24 bits per heavy atom. The Balaban J connectivity index is 0. The zero-order valence-electron chi connectivity index (χ0n) is 15.9. The molecular formula is C19H34Cl2N2O2. The van der Waals surface area contributed by atoms with Crippen LogP contribution in [-0.2, 0) is 16.0 Å². The van der Waals surface area contributed by atoms with Crippen LogP contribution >= 0.6 is 24.8 Å². The zero-order valence-corrected chi connectivity index (χ0v) is 17.5. The fraction of sp³-hybridized carbons (Fsp3) is 0.632. The number of halogens is 2. The standard InChI is InChI=1S/C19H32N2O2.2ClH/c1-5-21(6-2)13-12-20-18-9-7-17(8-10-18)15-19(22)23-14-11-16(3)4;;/h7-10,16,20H,5-6,11-15H2,1-4H3;2*1H. The van der Waals surface area contributed by atoms with Gasteiger partial charge in [0.1, 0.15) is 0 Å². The summed E-state index contributed by atoms with van der Waals surface area (Å²) in [5.74, 6) is 0.414. The van der Waals surface area contributed by atoms with Crippen molar-refractivity contribution >= 4 is 36.5 Å². The molecule has 1 N–H and O–H groups in total. The Hall–Kier alpha value is -0.970. The minimum Gasteiger partial charge on any atom is -0.465 e. The molecule has 0 bridgehead atoms. The van der Waals surface area contributed by atoms with Crippen molar-refractivity contribution < 1.29 is 9.53 Å². The summed E-state index contributed by atoms with van der Waals surface area (Å²) < 4.78 is 5.24. The lowest BCUT2D eigenvalue weighted by Gasteiger charge is -2.18. The minimum atomic E-state index is -0.145. The van der Waals surface area contributed by atoms with Gasteiger partial charge in [0.05, 0.1) is 13.0 Å². The SMILES string of the molecule is CCN(CC)CCNc1ccc(CC(=O)OCCC(C)C)cc1.Cl.Cl. The number of esters is 1. The fourth-order valence-corrected chi connectivity index (χ4v) is 2.26. The Kier molecular flexibility index (Phi) is 16.1. The molecule has 0 amide bonds. The summed E-state index contributed by atoms with van der Waals surface area (Å²) in [6.07, 6.45) is 1.26. The van der Waals surface area contributed by atoms with E-state index in [0.717, 1.165) is 43.9 Å². The van der Waals surface area contributed by atoms with Gasteiger partial charge in [0.2, 0.25) is 0 Å². The third-order valence-electron chi connectivity index (χ3n) is 3.91. The van der Waals surface area contributed by atoms with Gasteiger partial charge in [0.25, 0.3) is 0 Å². The molecule has 0 saturated carbocycles. The summed E-state index contributed by atoms with van der Waals surface area (Å²) in [5, 5.41) is 3.41. The second-order valence-electron chi connectivity index (χ2n) is 6.23. The molecule has 0 aromatic heterocycles. The number of anilines is 1. The van der Waals surface area contributed by atoms with E-state index in [-0.39, 0.29) is 30.8 Å². The Labute approximate surface area is 165 Å². The van der Waals surface area contributed by atoms with E-state index in [2.05, 4.69) is 37.9 Å². The molecule has 0 spiro atoms. The van der Waals surface area contributed by atoms with Gasteiger partial charge in [0.15, 0.2) is 0 Å². The lowest BCUT2D eigenvalue weighted by molar-refractivity contribution is -0.143. The minimum absolute atomic E-state index is 0. The summed E-state index contributed by atoms with van der Waals surface area (Å²) in [5.41, 5.74) is 2.09. The van der Waals surface area contributed by atoms with Crippen LogP contribution in [0.15, 0.2) is 24.3 Å². The van der Waals surface area contributed by atoms with Gasteiger partial charge >= 0.3 is 5.97 Å². The van der Waals surface area contributed by atoms with Crippen LogP contribution in [0.25, 0.3) is 0 Å². The molecule has 1 aromatic carbocycles. The van der Waals surface area contributed by atoms with Crippen LogP contribution in [0.1, 0.15) is 39.7 Å². The predicted octanol–water partition coefficient (Wildman–Crippen LogP) is 4.42. The first-order chi connectivity index (χ1) is 11.0. The van der Waals surface area contributed by atoms with E-state index in [1.54, 1.807) is 0 Å². The van der Waals surface area contributed by atoms with Crippen LogP contribution in [0.4, 0.5) is 5.69 Å². The maximum atomic E-state index is 11.7. The van der Waals surface area contributed by atoms with E-state index in [1.807, 2.05) is 24.3 Å². The quantitative estimate of drug-likeness (QED) is 0.566. The van der Waals surface area contributed by atoms with Gasteiger partial charge in [-0.05, 0) is 43.1 Å². The Morgan fingerprint density at radius 1 is 1.12 bits per heavy atom. The molecule has 146 valence electrons. The molecule has 25 heavy (non-hydrogen) atoms. The van der Waals surface area contributed by atoms with Crippen LogP contribution in [0, 0.1) is 5.92 Å². The summed E-state index contributed by atoms with van der Waals surface area (Å²) >= 11 is 0. The highest BCUT2D eigenvalue weighted by Crippen LogP contribution is 2.10. The molecule has 0 aliphatic heterocycles. The van der Waals surface area contributed by atoms with Gasteiger partial charge in [0, 0.05) is 18.8 Å². The monoisotopic (exact) mass is 392 g/mol. The van der Waals surface area contributed by atoms with Gasteiger partial charge in [-0.15, -0.1) is 24.8 Å². The number of likely N-dealkylation sites (N-methyl/N-ethyl adjacent to an activating group) is 1. The molecule has 0 radical (unpaired) electrons. The number of hydrogen-bond donors (Lipinski definition) is 1. The van der Waals surface area contributed by atoms with Crippen molar-refractivity contribution in [3.63, 3.8) is 0 Å². The first-order valence-electron chi connectivity index (χ1n) is 8.75. The average Bonchev–Trinajstić information content (AvgIpc) is 2.53. The number of nitrogens with one attached hydrogen (secondary N) is 1. The summed E-state index contributed by atoms with van der Waals surface area (Å²) in [7, 11) is 0. The first kappa shape index (κ1) is 26.3. The Bertz CT molecular complexity index is 449. The molecule has 4 nitrogen and oxygen atoms in total. The van der Waals surface area contributed by atoms with Gasteiger partial charge < -0.3 is 15.0 Å². The van der Waals surface area contributed by atoms with Crippen molar-refractivity contribution in [2.75, 3.05) is 38.1 Å². The molecular weight excluding hydrogens is 359 g/mol. The molecule has 1 rings (SSSR count). The van der Waals surface area contributed by atoms with E-state index < -0.39 is 0 Å². The van der Waals surface area contributed by atoms with Crippen molar-refractivity contribution in [2.24, 2.45) is 5.92 Å². The maximum absolute atomic E-state index is 11.7. The fourth-order valence-electron chi connectivity index (χ4n) is 2.26. The van der Waals surface area contributed by atoms with E-state index in [4.69, 9.17) is 4.74 Å². The molecule has 6 heteroatoms. The van der Waals surface area contributed by atoms with Gasteiger partial charge in [-0.2, -0.15) is 0 Å². The topological polar surface area (TPSA) is 41.6 Å². The van der Waals surface area contributed by atoms with Gasteiger partial charge in [-0.3, -0.25) is 4.79 Å². The lowest BCUT2D eigenvalue weighted by Crippen LogP contribution is -2.28. The van der Waals surface area contributed by atoms with Crippen molar-refractivity contribution in [3.05, 3.63) is 29.8 Å². The number of nitrogens with zero attached hydrogens (tertiary/aromatic N) is 1. The molecule has 0 aliphatic rings. The average molecular weight is 393 g/mol. The highest BCUT2D eigenvalue weighted by molar-refractivity contribution is 5.85. The number of hydrogen-bond acceptors (Lipinski definition) is 4. The zero-order chi connectivity index (χ0) is 17.1. The lowest BCUT2D eigenvalue weighted by atomic mass is 10.1. The molecule has 0 saturated heterocycles. The summed E-state index contributed by atoms with van der Waals surface area (Å²) in [4.78, 5) is 14.1. The number of rotatable bonds is 11. The largest absolute Gasteiger partial charge is 0.465 e.